The molecule has 0 spiro atoms. The van der Waals surface area contributed by atoms with E-state index in [0.717, 1.165) is 40.6 Å². The number of fused-ring (bicyclic) bond motifs is 1. The molecule has 0 atom stereocenters. The number of hydrogen-bond acceptors (Lipinski definition) is 4. The van der Waals surface area contributed by atoms with Crippen LogP contribution in [0, 0.1) is 0 Å². The van der Waals surface area contributed by atoms with Crippen LogP contribution in [0.2, 0.25) is 0 Å². The predicted molar refractivity (Wildman–Crippen MR) is 92.3 cm³/mol. The van der Waals surface area contributed by atoms with Crippen LogP contribution in [0.4, 0.5) is 5.95 Å². The zero-order valence-corrected chi connectivity index (χ0v) is 13.7. The Kier molecular flexibility index (Phi) is 4.37. The molecular formula is C18H21N3O2. The minimum Gasteiger partial charge on any atom is -0.493 e. The van der Waals surface area contributed by atoms with Crippen molar-refractivity contribution in [3.05, 3.63) is 48.0 Å². The molecule has 5 nitrogen and oxygen atoms in total. The summed E-state index contributed by atoms with van der Waals surface area (Å²) >= 11 is 0. The summed E-state index contributed by atoms with van der Waals surface area (Å²) in [6.45, 7) is 3.59. The lowest BCUT2D eigenvalue weighted by molar-refractivity contribution is 0.352. The normalized spacial score (nSPS) is 10.7. The summed E-state index contributed by atoms with van der Waals surface area (Å²) in [4.78, 5) is 4.68. The van der Waals surface area contributed by atoms with Gasteiger partial charge in [-0.05, 0) is 25.1 Å². The second kappa shape index (κ2) is 6.60. The Hall–Kier alpha value is -2.69. The number of hydrogen-bond donors (Lipinski definition) is 1. The molecule has 0 bridgehead atoms. The van der Waals surface area contributed by atoms with E-state index in [2.05, 4.69) is 27.9 Å². The van der Waals surface area contributed by atoms with Gasteiger partial charge in [-0.2, -0.15) is 0 Å². The van der Waals surface area contributed by atoms with Gasteiger partial charge in [-0.1, -0.05) is 24.3 Å². The lowest BCUT2D eigenvalue weighted by Gasteiger charge is -2.14. The van der Waals surface area contributed by atoms with Crippen LogP contribution in [0.25, 0.3) is 11.0 Å². The van der Waals surface area contributed by atoms with Crippen molar-refractivity contribution < 1.29 is 9.47 Å². The van der Waals surface area contributed by atoms with Crippen molar-refractivity contribution >= 4 is 17.0 Å². The molecule has 0 amide bonds. The minimum absolute atomic E-state index is 0.615. The van der Waals surface area contributed by atoms with Crippen LogP contribution in [0.1, 0.15) is 12.5 Å². The van der Waals surface area contributed by atoms with Gasteiger partial charge in [0.1, 0.15) is 0 Å². The highest BCUT2D eigenvalue weighted by Crippen LogP contribution is 2.31. The van der Waals surface area contributed by atoms with Gasteiger partial charge in [-0.15, -0.1) is 0 Å². The zero-order valence-electron chi connectivity index (χ0n) is 13.7. The quantitative estimate of drug-likeness (QED) is 0.754. The Balaban J connectivity index is 1.89. The van der Waals surface area contributed by atoms with Gasteiger partial charge in [0.2, 0.25) is 5.95 Å². The molecule has 0 aliphatic heterocycles. The maximum atomic E-state index is 5.48. The van der Waals surface area contributed by atoms with E-state index in [1.54, 1.807) is 14.2 Å². The van der Waals surface area contributed by atoms with Crippen LogP contribution >= 0.6 is 0 Å². The molecule has 3 aromatic rings. The SMILES string of the molecule is CCn1c(NCc2cccc(OC)c2OC)nc2ccccc21. The third kappa shape index (κ3) is 2.82. The third-order valence-electron chi connectivity index (χ3n) is 3.89. The minimum atomic E-state index is 0.615. The van der Waals surface area contributed by atoms with Gasteiger partial charge in [-0.3, -0.25) is 0 Å². The Bertz CT molecular complexity index is 811. The summed E-state index contributed by atoms with van der Waals surface area (Å²) in [6, 6.07) is 14.0. The number of benzene rings is 2. The molecule has 0 aliphatic rings. The van der Waals surface area contributed by atoms with E-state index in [0.29, 0.717) is 6.54 Å². The van der Waals surface area contributed by atoms with E-state index < -0.39 is 0 Å². The average Bonchev–Trinajstić information content (AvgIpc) is 2.96. The van der Waals surface area contributed by atoms with Crippen molar-refractivity contribution in [3.63, 3.8) is 0 Å². The summed E-state index contributed by atoms with van der Waals surface area (Å²) in [5.41, 5.74) is 3.16. The van der Waals surface area contributed by atoms with Gasteiger partial charge in [0.15, 0.2) is 11.5 Å². The molecular weight excluding hydrogens is 290 g/mol. The molecule has 1 N–H and O–H groups in total. The van der Waals surface area contributed by atoms with E-state index in [9.17, 15) is 0 Å². The maximum Gasteiger partial charge on any atom is 0.204 e. The Morgan fingerprint density at radius 1 is 1.04 bits per heavy atom. The molecule has 2 aromatic carbocycles. The number of rotatable bonds is 6. The van der Waals surface area contributed by atoms with Crippen LogP contribution in [0.15, 0.2) is 42.5 Å². The number of anilines is 1. The summed E-state index contributed by atoms with van der Waals surface area (Å²) in [5, 5.41) is 3.41. The fraction of sp³-hybridized carbons (Fsp3) is 0.278. The summed E-state index contributed by atoms with van der Waals surface area (Å²) in [6.07, 6.45) is 0. The van der Waals surface area contributed by atoms with Crippen molar-refractivity contribution in [2.45, 2.75) is 20.0 Å². The van der Waals surface area contributed by atoms with Gasteiger partial charge in [0.25, 0.3) is 0 Å². The molecule has 5 heteroatoms. The largest absolute Gasteiger partial charge is 0.493 e. The number of para-hydroxylation sites is 3. The van der Waals surface area contributed by atoms with Crippen molar-refractivity contribution in [2.24, 2.45) is 0 Å². The zero-order chi connectivity index (χ0) is 16.2. The highest BCUT2D eigenvalue weighted by molar-refractivity contribution is 5.78. The first-order valence-corrected chi connectivity index (χ1v) is 7.67. The fourth-order valence-electron chi connectivity index (χ4n) is 2.80. The van der Waals surface area contributed by atoms with Gasteiger partial charge in [-0.25, -0.2) is 4.98 Å². The van der Waals surface area contributed by atoms with E-state index in [4.69, 9.17) is 9.47 Å². The van der Waals surface area contributed by atoms with Crippen molar-refractivity contribution in [1.29, 1.82) is 0 Å². The Morgan fingerprint density at radius 2 is 1.87 bits per heavy atom. The first kappa shape index (κ1) is 15.2. The van der Waals surface area contributed by atoms with Gasteiger partial charge in [0, 0.05) is 18.7 Å². The van der Waals surface area contributed by atoms with Gasteiger partial charge in [0.05, 0.1) is 25.3 Å². The molecule has 1 aromatic heterocycles. The molecule has 3 rings (SSSR count). The van der Waals surface area contributed by atoms with Crippen LogP contribution in [-0.2, 0) is 13.1 Å². The van der Waals surface area contributed by atoms with Crippen molar-refractivity contribution in [2.75, 3.05) is 19.5 Å². The number of nitrogens with zero attached hydrogens (tertiary/aromatic N) is 2. The molecule has 0 unspecified atom stereocenters. The highest BCUT2D eigenvalue weighted by atomic mass is 16.5. The van der Waals surface area contributed by atoms with Gasteiger partial charge >= 0.3 is 0 Å². The van der Waals surface area contributed by atoms with Crippen LogP contribution in [0.5, 0.6) is 11.5 Å². The number of imidazole rings is 1. The molecule has 0 fully saturated rings. The Morgan fingerprint density at radius 3 is 2.61 bits per heavy atom. The predicted octanol–water partition coefficient (Wildman–Crippen LogP) is 3.69. The second-order valence-corrected chi connectivity index (χ2v) is 5.17. The van der Waals surface area contributed by atoms with Gasteiger partial charge < -0.3 is 19.4 Å². The standard InChI is InChI=1S/C18H21N3O2/c1-4-21-15-10-6-5-9-14(15)20-18(21)19-12-13-8-7-11-16(22-2)17(13)23-3/h5-11H,4,12H2,1-3H3,(H,19,20). The first-order chi connectivity index (χ1) is 11.3. The molecule has 1 heterocycles. The third-order valence-corrected chi connectivity index (χ3v) is 3.89. The summed E-state index contributed by atoms with van der Waals surface area (Å²) in [7, 11) is 3.30. The van der Waals surface area contributed by atoms with E-state index in [1.807, 2.05) is 36.4 Å². The second-order valence-electron chi connectivity index (χ2n) is 5.17. The van der Waals surface area contributed by atoms with Crippen LogP contribution < -0.4 is 14.8 Å². The lowest BCUT2D eigenvalue weighted by Crippen LogP contribution is -2.08. The molecule has 0 saturated carbocycles. The maximum absolute atomic E-state index is 5.48. The Labute approximate surface area is 135 Å². The summed E-state index contributed by atoms with van der Waals surface area (Å²) in [5.74, 6) is 2.34. The molecule has 0 saturated heterocycles. The first-order valence-electron chi connectivity index (χ1n) is 7.67. The van der Waals surface area contributed by atoms with Crippen molar-refractivity contribution in [3.8, 4) is 11.5 Å². The molecule has 0 radical (unpaired) electrons. The van der Waals surface area contributed by atoms with Crippen LogP contribution in [0.3, 0.4) is 0 Å². The van der Waals surface area contributed by atoms with Crippen molar-refractivity contribution in [1.82, 2.24) is 9.55 Å². The van der Waals surface area contributed by atoms with E-state index in [-0.39, 0.29) is 0 Å². The average molecular weight is 311 g/mol. The topological polar surface area (TPSA) is 48.3 Å². The fourth-order valence-corrected chi connectivity index (χ4v) is 2.80. The van der Waals surface area contributed by atoms with E-state index >= 15 is 0 Å². The molecule has 23 heavy (non-hydrogen) atoms. The van der Waals surface area contributed by atoms with Crippen LogP contribution in [-0.4, -0.2) is 23.8 Å². The number of nitrogens with one attached hydrogen (secondary N) is 1. The molecule has 0 aliphatic carbocycles. The summed E-state index contributed by atoms with van der Waals surface area (Å²) < 4.78 is 13.0. The highest BCUT2D eigenvalue weighted by Gasteiger charge is 2.12. The smallest absolute Gasteiger partial charge is 0.204 e. The number of aromatic nitrogens is 2. The lowest BCUT2D eigenvalue weighted by atomic mass is 10.2. The number of ether oxygens (including phenoxy) is 2. The monoisotopic (exact) mass is 311 g/mol. The number of methoxy groups -OCH3 is 2. The molecule has 120 valence electrons. The number of aryl methyl sites for hydroxylation is 1. The van der Waals surface area contributed by atoms with E-state index in [1.165, 1.54) is 0 Å².